The highest BCUT2D eigenvalue weighted by Gasteiger charge is 2.23. The molecule has 1 heterocycles. The van der Waals surface area contributed by atoms with E-state index in [2.05, 4.69) is 10.4 Å². The second-order valence-corrected chi connectivity index (χ2v) is 4.60. The van der Waals surface area contributed by atoms with Gasteiger partial charge in [0.1, 0.15) is 11.3 Å². The summed E-state index contributed by atoms with van der Waals surface area (Å²) >= 11 is 0. The molecule has 0 aliphatic heterocycles. The molecule has 2 rings (SSSR count). The fourth-order valence-electron chi connectivity index (χ4n) is 1.98. The Kier molecular flexibility index (Phi) is 4.17. The van der Waals surface area contributed by atoms with Gasteiger partial charge >= 0.3 is 5.69 Å². The fraction of sp³-hybridized carbons (Fsp3) is 0.231. The summed E-state index contributed by atoms with van der Waals surface area (Å²) in [6.45, 7) is 2.26. The maximum atomic E-state index is 12.2. The molecule has 1 amide bonds. The Labute approximate surface area is 120 Å². The summed E-state index contributed by atoms with van der Waals surface area (Å²) in [6.07, 6.45) is 3.41. The zero-order valence-corrected chi connectivity index (χ0v) is 11.4. The number of nitro benzene ring substituents is 1. The predicted molar refractivity (Wildman–Crippen MR) is 76.7 cm³/mol. The number of nitrogens with one attached hydrogen (secondary N) is 1. The number of hydrogen-bond acceptors (Lipinski definition) is 5. The lowest BCUT2D eigenvalue weighted by atomic mass is 10.1. The van der Waals surface area contributed by atoms with Gasteiger partial charge in [-0.05, 0) is 25.1 Å². The van der Waals surface area contributed by atoms with Crippen molar-refractivity contribution < 1.29 is 9.72 Å². The second-order valence-electron chi connectivity index (χ2n) is 4.60. The number of nitrogens with zero attached hydrogens (tertiary/aromatic N) is 3. The molecule has 1 aromatic carbocycles. The standard InChI is InChI=1S/C13H15N5O3/c1-9(8-17-7-3-6-15-17)16-13(19)10-4-2-5-11(14)12(10)18(20)21/h2-7,9H,8,14H2,1H3,(H,16,19). The van der Waals surface area contributed by atoms with Crippen molar-refractivity contribution in [2.75, 3.05) is 5.73 Å². The molecule has 0 spiro atoms. The van der Waals surface area contributed by atoms with Crippen LogP contribution >= 0.6 is 0 Å². The minimum atomic E-state index is -0.650. The van der Waals surface area contributed by atoms with E-state index in [-0.39, 0.29) is 23.0 Å². The SMILES string of the molecule is CC(Cn1cccn1)NC(=O)c1cccc(N)c1[N+](=O)[O-]. The predicted octanol–water partition coefficient (Wildman–Crippen LogP) is 1.19. The van der Waals surface area contributed by atoms with E-state index in [0.717, 1.165) is 0 Å². The maximum absolute atomic E-state index is 12.2. The third-order valence-electron chi connectivity index (χ3n) is 2.89. The van der Waals surface area contributed by atoms with Gasteiger partial charge in [-0.15, -0.1) is 0 Å². The van der Waals surface area contributed by atoms with Crippen LogP contribution < -0.4 is 11.1 Å². The Hall–Kier alpha value is -2.90. The fourth-order valence-corrected chi connectivity index (χ4v) is 1.98. The molecule has 0 saturated carbocycles. The lowest BCUT2D eigenvalue weighted by molar-refractivity contribution is -0.384. The number of benzene rings is 1. The van der Waals surface area contributed by atoms with Gasteiger partial charge in [0, 0.05) is 18.4 Å². The Balaban J connectivity index is 2.13. The van der Waals surface area contributed by atoms with Crippen molar-refractivity contribution in [3.63, 3.8) is 0 Å². The first-order valence-electron chi connectivity index (χ1n) is 6.30. The number of hydrogen-bond donors (Lipinski definition) is 2. The number of nitrogen functional groups attached to an aromatic ring is 1. The largest absolute Gasteiger partial charge is 0.393 e. The Morgan fingerprint density at radius 1 is 1.52 bits per heavy atom. The number of carbonyl (C=O) groups excluding carboxylic acids is 1. The first kappa shape index (κ1) is 14.5. The van der Waals surface area contributed by atoms with E-state index in [1.54, 1.807) is 30.1 Å². The number of amides is 1. The molecular formula is C13H15N5O3. The van der Waals surface area contributed by atoms with E-state index in [4.69, 9.17) is 5.73 Å². The first-order valence-corrected chi connectivity index (χ1v) is 6.30. The molecule has 0 radical (unpaired) electrons. The van der Waals surface area contributed by atoms with Gasteiger partial charge in [-0.2, -0.15) is 5.10 Å². The van der Waals surface area contributed by atoms with Gasteiger partial charge in [-0.3, -0.25) is 19.6 Å². The quantitative estimate of drug-likeness (QED) is 0.487. The number of nitrogens with two attached hydrogens (primary N) is 1. The summed E-state index contributed by atoms with van der Waals surface area (Å²) < 4.78 is 1.67. The van der Waals surface area contributed by atoms with Crippen molar-refractivity contribution in [3.8, 4) is 0 Å². The molecule has 0 fully saturated rings. The van der Waals surface area contributed by atoms with Crippen molar-refractivity contribution in [1.29, 1.82) is 0 Å². The number of para-hydroxylation sites is 1. The highest BCUT2D eigenvalue weighted by Crippen LogP contribution is 2.25. The first-order chi connectivity index (χ1) is 9.99. The van der Waals surface area contributed by atoms with E-state index in [9.17, 15) is 14.9 Å². The van der Waals surface area contributed by atoms with Crippen LogP contribution in [0.25, 0.3) is 0 Å². The van der Waals surface area contributed by atoms with Crippen molar-refractivity contribution in [3.05, 3.63) is 52.3 Å². The van der Waals surface area contributed by atoms with Gasteiger partial charge in [0.15, 0.2) is 0 Å². The van der Waals surface area contributed by atoms with Crippen molar-refractivity contribution in [2.45, 2.75) is 19.5 Å². The molecule has 0 aliphatic rings. The molecule has 1 atom stereocenters. The van der Waals surface area contributed by atoms with Gasteiger partial charge in [-0.1, -0.05) is 6.07 Å². The molecule has 21 heavy (non-hydrogen) atoms. The average molecular weight is 289 g/mol. The summed E-state index contributed by atoms with van der Waals surface area (Å²) in [7, 11) is 0. The van der Waals surface area contributed by atoms with Gasteiger partial charge in [0.2, 0.25) is 0 Å². The Bertz CT molecular complexity index is 654. The number of carbonyl (C=O) groups is 1. The van der Waals surface area contributed by atoms with E-state index in [0.29, 0.717) is 6.54 Å². The molecule has 0 saturated heterocycles. The molecule has 3 N–H and O–H groups in total. The zero-order chi connectivity index (χ0) is 15.4. The van der Waals surface area contributed by atoms with Crippen LogP contribution in [-0.4, -0.2) is 26.7 Å². The van der Waals surface area contributed by atoms with Crippen LogP contribution in [0.15, 0.2) is 36.7 Å². The third-order valence-corrected chi connectivity index (χ3v) is 2.89. The van der Waals surface area contributed by atoms with E-state index in [1.807, 2.05) is 0 Å². The van der Waals surface area contributed by atoms with Gasteiger partial charge < -0.3 is 11.1 Å². The highest BCUT2D eigenvalue weighted by atomic mass is 16.6. The molecule has 8 nitrogen and oxygen atoms in total. The van der Waals surface area contributed by atoms with Gasteiger partial charge in [-0.25, -0.2) is 0 Å². The molecular weight excluding hydrogens is 274 g/mol. The smallest absolute Gasteiger partial charge is 0.304 e. The molecule has 110 valence electrons. The van der Waals surface area contributed by atoms with Crippen LogP contribution in [0.4, 0.5) is 11.4 Å². The Morgan fingerprint density at radius 3 is 2.90 bits per heavy atom. The minimum Gasteiger partial charge on any atom is -0.393 e. The molecule has 8 heteroatoms. The van der Waals surface area contributed by atoms with E-state index in [1.165, 1.54) is 18.2 Å². The normalized spacial score (nSPS) is 11.9. The van der Waals surface area contributed by atoms with Gasteiger partial charge in [0.05, 0.1) is 11.5 Å². The van der Waals surface area contributed by atoms with Crippen molar-refractivity contribution in [1.82, 2.24) is 15.1 Å². The van der Waals surface area contributed by atoms with Crippen molar-refractivity contribution >= 4 is 17.3 Å². The van der Waals surface area contributed by atoms with Crippen LogP contribution in [0.2, 0.25) is 0 Å². The molecule has 0 bridgehead atoms. The van der Waals surface area contributed by atoms with Crippen LogP contribution in [-0.2, 0) is 6.54 Å². The Morgan fingerprint density at radius 2 is 2.29 bits per heavy atom. The lowest BCUT2D eigenvalue weighted by Crippen LogP contribution is -2.36. The average Bonchev–Trinajstić information content (AvgIpc) is 2.90. The third kappa shape index (κ3) is 3.35. The summed E-state index contributed by atoms with van der Waals surface area (Å²) in [5.41, 5.74) is 5.11. The number of rotatable bonds is 5. The van der Waals surface area contributed by atoms with Crippen molar-refractivity contribution in [2.24, 2.45) is 0 Å². The monoisotopic (exact) mass is 289 g/mol. The number of aromatic nitrogens is 2. The molecule has 1 aromatic heterocycles. The summed E-state index contributed by atoms with van der Waals surface area (Å²) in [5, 5.41) is 17.8. The summed E-state index contributed by atoms with van der Waals surface area (Å²) in [4.78, 5) is 22.5. The molecule has 1 unspecified atom stereocenters. The summed E-state index contributed by atoms with van der Waals surface area (Å²) in [6, 6.07) is 5.82. The van der Waals surface area contributed by atoms with Crippen LogP contribution in [0.3, 0.4) is 0 Å². The molecule has 0 aliphatic carbocycles. The second kappa shape index (κ2) is 6.04. The minimum absolute atomic E-state index is 0.0348. The zero-order valence-electron chi connectivity index (χ0n) is 11.4. The molecule has 2 aromatic rings. The van der Waals surface area contributed by atoms with Crippen LogP contribution in [0.5, 0.6) is 0 Å². The summed E-state index contributed by atoms with van der Waals surface area (Å²) in [5.74, 6) is -0.534. The number of anilines is 1. The highest BCUT2D eigenvalue weighted by molar-refractivity contribution is 6.00. The van der Waals surface area contributed by atoms with Gasteiger partial charge in [0.25, 0.3) is 5.91 Å². The topological polar surface area (TPSA) is 116 Å². The van der Waals surface area contributed by atoms with Crippen LogP contribution in [0.1, 0.15) is 17.3 Å². The maximum Gasteiger partial charge on any atom is 0.304 e. The lowest BCUT2D eigenvalue weighted by Gasteiger charge is -2.14. The van der Waals surface area contributed by atoms with E-state index < -0.39 is 10.8 Å². The van der Waals surface area contributed by atoms with Crippen LogP contribution in [0, 0.1) is 10.1 Å². The van der Waals surface area contributed by atoms with E-state index >= 15 is 0 Å². The number of nitro groups is 1.